The first-order valence-electron chi connectivity index (χ1n) is 4.87. The van der Waals surface area contributed by atoms with Gasteiger partial charge in [0.25, 0.3) is 0 Å². The molecule has 6 heteroatoms. The molecule has 0 bridgehead atoms. The van der Waals surface area contributed by atoms with Gasteiger partial charge in [0.05, 0.1) is 6.54 Å². The summed E-state index contributed by atoms with van der Waals surface area (Å²) in [5.41, 5.74) is 1.13. The van der Waals surface area contributed by atoms with Crippen molar-refractivity contribution in [1.29, 1.82) is 0 Å². The Morgan fingerprint density at radius 1 is 1.56 bits per heavy atom. The molecular formula is C10H11IN4O. The van der Waals surface area contributed by atoms with Crippen LogP contribution in [0.5, 0.6) is 0 Å². The highest BCUT2D eigenvalue weighted by atomic mass is 127. The minimum atomic E-state index is 0.723. The van der Waals surface area contributed by atoms with Gasteiger partial charge in [-0.05, 0) is 34.2 Å². The lowest BCUT2D eigenvalue weighted by Gasteiger charge is -2.17. The van der Waals surface area contributed by atoms with Crippen LogP contribution < -0.4 is 0 Å². The molecule has 1 N–H and O–H groups in total. The first-order chi connectivity index (χ1) is 7.79. The monoisotopic (exact) mass is 330 g/mol. The van der Waals surface area contributed by atoms with Crippen molar-refractivity contribution in [3.63, 3.8) is 0 Å². The molecule has 1 aliphatic rings. The maximum atomic E-state index is 8.50. The van der Waals surface area contributed by atoms with E-state index < -0.39 is 0 Å². The quantitative estimate of drug-likeness (QED) is 0.299. The SMILES string of the molecule is ON=CC1=NCCN1Cc1ccc(I)nc1. The third-order valence-electron chi connectivity index (χ3n) is 2.30. The summed E-state index contributed by atoms with van der Waals surface area (Å²) in [4.78, 5) is 10.5. The number of nitrogens with zero attached hydrogens (tertiary/aromatic N) is 4. The third-order valence-corrected chi connectivity index (χ3v) is 2.94. The molecule has 84 valence electrons. The van der Waals surface area contributed by atoms with Crippen molar-refractivity contribution in [2.24, 2.45) is 10.1 Å². The number of halogens is 1. The molecule has 2 rings (SSSR count). The van der Waals surface area contributed by atoms with Crippen LogP contribution in [-0.2, 0) is 6.54 Å². The molecule has 0 unspecified atom stereocenters. The van der Waals surface area contributed by atoms with E-state index in [1.165, 1.54) is 6.21 Å². The summed E-state index contributed by atoms with van der Waals surface area (Å²) in [6.07, 6.45) is 3.22. The van der Waals surface area contributed by atoms with E-state index in [2.05, 4.69) is 42.6 Å². The molecule has 0 spiro atoms. The molecule has 5 nitrogen and oxygen atoms in total. The zero-order valence-electron chi connectivity index (χ0n) is 8.54. The molecule has 0 saturated heterocycles. The molecule has 0 amide bonds. The van der Waals surface area contributed by atoms with Gasteiger partial charge in [0, 0.05) is 19.3 Å². The Kier molecular flexibility index (Phi) is 3.70. The number of hydrogen-bond donors (Lipinski definition) is 1. The number of amidine groups is 1. The van der Waals surface area contributed by atoms with Crippen LogP contribution in [0.4, 0.5) is 0 Å². The highest BCUT2D eigenvalue weighted by Gasteiger charge is 2.15. The molecule has 1 aromatic rings. The fourth-order valence-corrected chi connectivity index (χ4v) is 1.87. The molecule has 0 radical (unpaired) electrons. The number of rotatable bonds is 3. The minimum Gasteiger partial charge on any atom is -0.411 e. The second-order valence-corrected chi connectivity index (χ2v) is 4.50. The van der Waals surface area contributed by atoms with Crippen LogP contribution in [-0.4, -0.2) is 40.2 Å². The summed E-state index contributed by atoms with van der Waals surface area (Å²) >= 11 is 2.18. The van der Waals surface area contributed by atoms with Crippen molar-refractivity contribution in [2.45, 2.75) is 6.54 Å². The Balaban J connectivity index is 2.05. The van der Waals surface area contributed by atoms with Gasteiger partial charge in [0.2, 0.25) is 0 Å². The average Bonchev–Trinajstić information content (AvgIpc) is 2.70. The van der Waals surface area contributed by atoms with E-state index in [4.69, 9.17) is 5.21 Å². The predicted octanol–water partition coefficient (Wildman–Crippen LogP) is 1.36. The van der Waals surface area contributed by atoms with Gasteiger partial charge in [-0.1, -0.05) is 11.2 Å². The second kappa shape index (κ2) is 5.24. The Bertz CT molecular complexity index is 415. The highest BCUT2D eigenvalue weighted by molar-refractivity contribution is 14.1. The Hall–Kier alpha value is -1.18. The summed E-state index contributed by atoms with van der Waals surface area (Å²) < 4.78 is 0.980. The summed E-state index contributed by atoms with van der Waals surface area (Å²) in [7, 11) is 0. The van der Waals surface area contributed by atoms with Crippen LogP contribution in [0, 0.1) is 3.70 Å². The zero-order valence-corrected chi connectivity index (χ0v) is 10.7. The van der Waals surface area contributed by atoms with Crippen LogP contribution in [0.2, 0.25) is 0 Å². The Morgan fingerprint density at radius 2 is 2.44 bits per heavy atom. The van der Waals surface area contributed by atoms with E-state index in [-0.39, 0.29) is 0 Å². The molecule has 0 fully saturated rings. The molecular weight excluding hydrogens is 319 g/mol. The standard InChI is InChI=1S/C10H11IN4O/c11-9-2-1-8(5-13-9)7-15-4-3-12-10(15)6-14-16/h1-2,5-6,16H,3-4,7H2. The number of hydrogen-bond acceptors (Lipinski definition) is 5. The van der Waals surface area contributed by atoms with Crippen molar-refractivity contribution in [3.05, 3.63) is 27.6 Å². The number of aliphatic imine (C=N–C) groups is 1. The van der Waals surface area contributed by atoms with Gasteiger partial charge < -0.3 is 10.1 Å². The van der Waals surface area contributed by atoms with E-state index >= 15 is 0 Å². The first kappa shape index (κ1) is 11.3. The molecule has 1 aliphatic heterocycles. The van der Waals surface area contributed by atoms with Gasteiger partial charge in [-0.2, -0.15) is 0 Å². The Labute approximate surface area is 107 Å². The number of oxime groups is 1. The number of aromatic nitrogens is 1. The van der Waals surface area contributed by atoms with E-state index in [0.717, 1.165) is 34.7 Å². The van der Waals surface area contributed by atoms with Gasteiger partial charge >= 0.3 is 0 Å². The van der Waals surface area contributed by atoms with Crippen molar-refractivity contribution >= 4 is 34.6 Å². The summed E-state index contributed by atoms with van der Waals surface area (Å²) in [6.45, 7) is 2.35. The van der Waals surface area contributed by atoms with Crippen molar-refractivity contribution in [3.8, 4) is 0 Å². The molecule has 0 atom stereocenters. The maximum Gasteiger partial charge on any atom is 0.146 e. The van der Waals surface area contributed by atoms with Crippen LogP contribution in [0.25, 0.3) is 0 Å². The van der Waals surface area contributed by atoms with Crippen LogP contribution in [0.1, 0.15) is 5.56 Å². The van der Waals surface area contributed by atoms with Crippen LogP contribution >= 0.6 is 22.6 Å². The average molecular weight is 330 g/mol. The highest BCUT2D eigenvalue weighted by Crippen LogP contribution is 2.09. The summed E-state index contributed by atoms with van der Waals surface area (Å²) in [6, 6.07) is 4.02. The molecule has 2 heterocycles. The molecule has 0 aromatic carbocycles. The summed E-state index contributed by atoms with van der Waals surface area (Å²) in [5.74, 6) is 0.723. The van der Waals surface area contributed by atoms with Gasteiger partial charge in [-0.15, -0.1) is 0 Å². The third kappa shape index (κ3) is 2.69. The molecule has 0 aliphatic carbocycles. The minimum absolute atomic E-state index is 0.723. The predicted molar refractivity (Wildman–Crippen MR) is 69.9 cm³/mol. The lowest BCUT2D eigenvalue weighted by atomic mass is 10.2. The Morgan fingerprint density at radius 3 is 3.12 bits per heavy atom. The van der Waals surface area contributed by atoms with Gasteiger partial charge in [0.15, 0.2) is 0 Å². The lowest BCUT2D eigenvalue weighted by Crippen LogP contribution is -2.28. The normalized spacial score (nSPS) is 15.8. The zero-order chi connectivity index (χ0) is 11.4. The first-order valence-corrected chi connectivity index (χ1v) is 5.95. The fourth-order valence-electron chi connectivity index (χ4n) is 1.55. The topological polar surface area (TPSA) is 61.1 Å². The molecule has 1 aromatic heterocycles. The van der Waals surface area contributed by atoms with Crippen LogP contribution in [0.15, 0.2) is 28.5 Å². The molecule has 0 saturated carbocycles. The molecule has 16 heavy (non-hydrogen) atoms. The number of pyridine rings is 1. The lowest BCUT2D eigenvalue weighted by molar-refractivity contribution is 0.321. The van der Waals surface area contributed by atoms with Gasteiger partial charge in [-0.25, -0.2) is 4.98 Å². The van der Waals surface area contributed by atoms with Crippen molar-refractivity contribution in [2.75, 3.05) is 13.1 Å². The smallest absolute Gasteiger partial charge is 0.146 e. The van der Waals surface area contributed by atoms with E-state index in [9.17, 15) is 0 Å². The fraction of sp³-hybridized carbons (Fsp3) is 0.300. The van der Waals surface area contributed by atoms with E-state index in [1.54, 1.807) is 0 Å². The maximum absolute atomic E-state index is 8.50. The van der Waals surface area contributed by atoms with Crippen molar-refractivity contribution in [1.82, 2.24) is 9.88 Å². The van der Waals surface area contributed by atoms with Crippen molar-refractivity contribution < 1.29 is 5.21 Å². The van der Waals surface area contributed by atoms with Crippen LogP contribution in [0.3, 0.4) is 0 Å². The van der Waals surface area contributed by atoms with Gasteiger partial charge in [-0.3, -0.25) is 4.99 Å². The van der Waals surface area contributed by atoms with E-state index in [0.29, 0.717) is 0 Å². The van der Waals surface area contributed by atoms with E-state index in [1.807, 2.05) is 18.3 Å². The second-order valence-electron chi connectivity index (χ2n) is 3.40. The largest absolute Gasteiger partial charge is 0.411 e. The summed E-state index contributed by atoms with van der Waals surface area (Å²) in [5, 5.41) is 11.5. The van der Waals surface area contributed by atoms with Gasteiger partial charge in [0.1, 0.15) is 15.8 Å².